The van der Waals surface area contributed by atoms with E-state index >= 15 is 0 Å². The van der Waals surface area contributed by atoms with Crippen LogP contribution < -0.4 is 4.74 Å². The Kier molecular flexibility index (Phi) is 7.43. The normalized spacial score (nSPS) is 13.8. The SMILES string of the molecule is Cc1cc(-c2ccnn2C)c2cccc(OCc3c(Cl)cncc3SCC(=O)N3CCCCC3)c2n1. The fourth-order valence-corrected chi connectivity index (χ4v) is 5.76. The molecule has 3 aromatic heterocycles. The number of hydrogen-bond donors (Lipinski definition) is 0. The fourth-order valence-electron chi connectivity index (χ4n) is 4.55. The Hall–Kier alpha value is -3.10. The van der Waals surface area contributed by atoms with E-state index in [9.17, 15) is 4.79 Å². The van der Waals surface area contributed by atoms with E-state index in [1.54, 1.807) is 18.6 Å². The minimum absolute atomic E-state index is 0.156. The summed E-state index contributed by atoms with van der Waals surface area (Å²) in [5.74, 6) is 1.19. The number of aromatic nitrogens is 4. The van der Waals surface area contributed by atoms with Crippen LogP contribution in [0.2, 0.25) is 5.02 Å². The van der Waals surface area contributed by atoms with E-state index in [-0.39, 0.29) is 12.5 Å². The average molecular weight is 522 g/mol. The molecule has 1 aromatic carbocycles. The van der Waals surface area contributed by atoms with E-state index in [0.29, 0.717) is 16.5 Å². The van der Waals surface area contributed by atoms with Crippen molar-refractivity contribution in [3.8, 4) is 17.0 Å². The standard InChI is InChI=1S/C27H28ClN5O2S/c1-18-13-20(23-9-10-30-32(23)2)19-7-6-8-24(27(19)31-18)35-16-21-22(28)14-29-15-25(21)36-17-26(34)33-11-4-3-5-12-33/h6-10,13-15H,3-5,11-12,16-17H2,1-2H3. The second-order valence-corrected chi connectivity index (χ2v) is 10.3. The Labute approximate surface area is 219 Å². The molecule has 0 radical (unpaired) electrons. The van der Waals surface area contributed by atoms with Crippen molar-refractivity contribution in [1.82, 2.24) is 24.6 Å². The number of ether oxygens (including phenoxy) is 1. The predicted molar refractivity (Wildman–Crippen MR) is 143 cm³/mol. The number of pyridine rings is 2. The summed E-state index contributed by atoms with van der Waals surface area (Å²) in [6, 6.07) is 9.99. The van der Waals surface area contributed by atoms with Crippen molar-refractivity contribution in [2.75, 3.05) is 18.8 Å². The van der Waals surface area contributed by atoms with Crippen molar-refractivity contribution in [1.29, 1.82) is 0 Å². The quantitative estimate of drug-likeness (QED) is 0.291. The molecule has 4 heterocycles. The summed E-state index contributed by atoms with van der Waals surface area (Å²) in [6.07, 6.45) is 8.51. The van der Waals surface area contributed by atoms with Gasteiger partial charge in [0, 0.05) is 65.8 Å². The molecule has 36 heavy (non-hydrogen) atoms. The molecule has 1 aliphatic heterocycles. The minimum Gasteiger partial charge on any atom is -0.487 e. The molecule has 0 aliphatic carbocycles. The van der Waals surface area contributed by atoms with Crippen LogP contribution in [0.25, 0.3) is 22.2 Å². The first kappa shape index (κ1) is 24.6. The van der Waals surface area contributed by atoms with Gasteiger partial charge in [0.2, 0.25) is 5.91 Å². The fraction of sp³-hybridized carbons (Fsp3) is 0.333. The number of carbonyl (C=O) groups excluding carboxylic acids is 1. The third-order valence-corrected chi connectivity index (χ3v) is 7.80. The van der Waals surface area contributed by atoms with E-state index in [2.05, 4.69) is 16.1 Å². The first-order valence-corrected chi connectivity index (χ1v) is 13.4. The number of hydrogen-bond acceptors (Lipinski definition) is 6. The Morgan fingerprint density at radius 1 is 1.17 bits per heavy atom. The number of rotatable bonds is 7. The molecule has 4 aromatic rings. The summed E-state index contributed by atoms with van der Waals surface area (Å²) < 4.78 is 8.16. The van der Waals surface area contributed by atoms with Gasteiger partial charge >= 0.3 is 0 Å². The van der Waals surface area contributed by atoms with Gasteiger partial charge < -0.3 is 9.64 Å². The lowest BCUT2D eigenvalue weighted by molar-refractivity contribution is -0.129. The lowest BCUT2D eigenvalue weighted by Gasteiger charge is -2.26. The Balaban J connectivity index is 1.38. The van der Waals surface area contributed by atoms with Gasteiger partial charge in [0.25, 0.3) is 0 Å². The van der Waals surface area contributed by atoms with Crippen LogP contribution in [0.5, 0.6) is 5.75 Å². The van der Waals surface area contributed by atoms with Gasteiger partial charge in [-0.05, 0) is 44.4 Å². The molecule has 0 spiro atoms. The first-order valence-electron chi connectivity index (χ1n) is 12.1. The predicted octanol–water partition coefficient (Wildman–Crippen LogP) is 5.68. The van der Waals surface area contributed by atoms with Gasteiger partial charge in [0.1, 0.15) is 17.9 Å². The highest BCUT2D eigenvalue weighted by molar-refractivity contribution is 8.00. The zero-order valence-corrected chi connectivity index (χ0v) is 22.0. The van der Waals surface area contributed by atoms with Crippen LogP contribution in [-0.2, 0) is 18.4 Å². The van der Waals surface area contributed by atoms with Crippen molar-refractivity contribution in [2.24, 2.45) is 7.05 Å². The van der Waals surface area contributed by atoms with Crippen LogP contribution in [-0.4, -0.2) is 49.4 Å². The molecule has 1 saturated heterocycles. The molecule has 0 unspecified atom stereocenters. The van der Waals surface area contributed by atoms with Gasteiger partial charge in [-0.3, -0.25) is 14.5 Å². The van der Waals surface area contributed by atoms with Crippen molar-refractivity contribution < 1.29 is 9.53 Å². The number of nitrogens with zero attached hydrogens (tertiary/aromatic N) is 5. The molecule has 7 nitrogen and oxygen atoms in total. The molecule has 186 valence electrons. The van der Waals surface area contributed by atoms with Gasteiger partial charge in [-0.2, -0.15) is 5.10 Å². The number of para-hydroxylation sites is 1. The third kappa shape index (κ3) is 5.20. The monoisotopic (exact) mass is 521 g/mol. The first-order chi connectivity index (χ1) is 17.5. The second-order valence-electron chi connectivity index (χ2n) is 8.92. The highest BCUT2D eigenvalue weighted by atomic mass is 35.5. The molecule has 0 saturated carbocycles. The molecule has 1 fully saturated rings. The van der Waals surface area contributed by atoms with Gasteiger partial charge in [-0.25, -0.2) is 4.98 Å². The number of benzene rings is 1. The molecule has 5 rings (SSSR count). The van der Waals surface area contributed by atoms with Crippen molar-refractivity contribution in [3.63, 3.8) is 0 Å². The Morgan fingerprint density at radius 3 is 2.78 bits per heavy atom. The van der Waals surface area contributed by atoms with Crippen molar-refractivity contribution >= 4 is 40.2 Å². The van der Waals surface area contributed by atoms with Crippen LogP contribution in [0, 0.1) is 6.92 Å². The maximum absolute atomic E-state index is 12.7. The number of aryl methyl sites for hydroxylation is 2. The van der Waals surface area contributed by atoms with Crippen LogP contribution in [0.3, 0.4) is 0 Å². The van der Waals surface area contributed by atoms with Gasteiger partial charge in [-0.1, -0.05) is 23.7 Å². The second kappa shape index (κ2) is 10.9. The largest absolute Gasteiger partial charge is 0.487 e. The summed E-state index contributed by atoms with van der Waals surface area (Å²) in [6.45, 7) is 3.91. The summed E-state index contributed by atoms with van der Waals surface area (Å²) in [4.78, 5) is 24.5. The topological polar surface area (TPSA) is 73.1 Å². The van der Waals surface area contributed by atoms with E-state index in [4.69, 9.17) is 21.3 Å². The number of halogens is 1. The summed E-state index contributed by atoms with van der Waals surface area (Å²) >= 11 is 8.00. The van der Waals surface area contributed by atoms with Crippen molar-refractivity contribution in [2.45, 2.75) is 37.7 Å². The number of piperidine rings is 1. The van der Waals surface area contributed by atoms with E-state index in [1.165, 1.54) is 18.2 Å². The van der Waals surface area contributed by atoms with Crippen LogP contribution >= 0.6 is 23.4 Å². The molecule has 0 N–H and O–H groups in total. The van der Waals surface area contributed by atoms with Gasteiger partial charge in [0.05, 0.1) is 16.5 Å². The molecule has 1 aliphatic rings. The van der Waals surface area contributed by atoms with Crippen LogP contribution in [0.4, 0.5) is 0 Å². The smallest absolute Gasteiger partial charge is 0.232 e. The molecule has 0 bridgehead atoms. The van der Waals surface area contributed by atoms with Crippen LogP contribution in [0.15, 0.2) is 53.8 Å². The number of amides is 1. The average Bonchev–Trinajstić information content (AvgIpc) is 3.32. The maximum Gasteiger partial charge on any atom is 0.232 e. The number of carbonyl (C=O) groups is 1. The van der Waals surface area contributed by atoms with Gasteiger partial charge in [0.15, 0.2) is 0 Å². The lowest BCUT2D eigenvalue weighted by atomic mass is 10.0. The van der Waals surface area contributed by atoms with E-state index in [0.717, 1.165) is 64.2 Å². The molecular formula is C27H28ClN5O2S. The summed E-state index contributed by atoms with van der Waals surface area (Å²) in [5.41, 5.74) is 4.56. The summed E-state index contributed by atoms with van der Waals surface area (Å²) in [5, 5.41) is 5.83. The number of likely N-dealkylation sites (tertiary alicyclic amines) is 1. The molecule has 9 heteroatoms. The van der Waals surface area contributed by atoms with E-state index in [1.807, 2.05) is 47.8 Å². The zero-order valence-electron chi connectivity index (χ0n) is 20.4. The molecule has 0 atom stereocenters. The molecule has 1 amide bonds. The Bertz CT molecular complexity index is 1400. The van der Waals surface area contributed by atoms with Gasteiger partial charge in [-0.15, -0.1) is 11.8 Å². The molecular weight excluding hydrogens is 494 g/mol. The lowest BCUT2D eigenvalue weighted by Crippen LogP contribution is -2.36. The highest BCUT2D eigenvalue weighted by Gasteiger charge is 2.19. The number of fused-ring (bicyclic) bond motifs is 1. The van der Waals surface area contributed by atoms with Crippen molar-refractivity contribution in [3.05, 3.63) is 65.2 Å². The minimum atomic E-state index is 0.156. The zero-order chi connectivity index (χ0) is 25.1. The highest BCUT2D eigenvalue weighted by Crippen LogP contribution is 2.34. The van der Waals surface area contributed by atoms with Crippen LogP contribution in [0.1, 0.15) is 30.5 Å². The summed E-state index contributed by atoms with van der Waals surface area (Å²) in [7, 11) is 1.93. The van der Waals surface area contributed by atoms with E-state index < -0.39 is 0 Å². The Morgan fingerprint density at radius 2 is 2.00 bits per heavy atom. The third-order valence-electron chi connectivity index (χ3n) is 6.42. The maximum atomic E-state index is 12.7. The number of thioether (sulfide) groups is 1.